The monoisotopic (exact) mass is 224 g/mol. The number of benzene rings is 1. The SMILES string of the molecule is CCC(C)NCCN(C)c1ccccc1F. The number of anilines is 1. The molecule has 0 bridgehead atoms. The summed E-state index contributed by atoms with van der Waals surface area (Å²) in [7, 11) is 1.91. The molecule has 0 radical (unpaired) electrons. The minimum Gasteiger partial charge on any atom is -0.371 e. The Morgan fingerprint density at radius 3 is 2.69 bits per heavy atom. The maximum absolute atomic E-state index is 13.4. The number of likely N-dealkylation sites (N-methyl/N-ethyl adjacent to an activating group) is 1. The Hall–Kier alpha value is -1.09. The van der Waals surface area contributed by atoms with Crippen molar-refractivity contribution in [2.24, 2.45) is 0 Å². The number of para-hydroxylation sites is 1. The van der Waals surface area contributed by atoms with E-state index in [0.717, 1.165) is 19.5 Å². The number of halogens is 1. The molecule has 0 aliphatic carbocycles. The van der Waals surface area contributed by atoms with Crippen LogP contribution in [0.1, 0.15) is 20.3 Å². The first-order valence-electron chi connectivity index (χ1n) is 5.84. The van der Waals surface area contributed by atoms with Crippen molar-refractivity contribution in [3.8, 4) is 0 Å². The predicted octanol–water partition coefficient (Wildman–Crippen LogP) is 2.65. The van der Waals surface area contributed by atoms with E-state index in [-0.39, 0.29) is 5.82 Å². The predicted molar refractivity (Wildman–Crippen MR) is 67.4 cm³/mol. The molecule has 1 aromatic rings. The molecule has 0 spiro atoms. The lowest BCUT2D eigenvalue weighted by Crippen LogP contribution is -2.34. The van der Waals surface area contributed by atoms with Gasteiger partial charge < -0.3 is 10.2 Å². The molecule has 2 nitrogen and oxygen atoms in total. The highest BCUT2D eigenvalue weighted by molar-refractivity contribution is 5.46. The molecule has 90 valence electrons. The van der Waals surface area contributed by atoms with Gasteiger partial charge in [-0.1, -0.05) is 19.1 Å². The molecule has 1 atom stereocenters. The molecule has 0 aliphatic rings. The second-order valence-electron chi connectivity index (χ2n) is 4.14. The molecule has 16 heavy (non-hydrogen) atoms. The highest BCUT2D eigenvalue weighted by Crippen LogP contribution is 2.16. The maximum Gasteiger partial charge on any atom is 0.146 e. The zero-order chi connectivity index (χ0) is 12.0. The molecule has 0 aromatic heterocycles. The van der Waals surface area contributed by atoms with Crippen molar-refractivity contribution in [1.82, 2.24) is 5.32 Å². The summed E-state index contributed by atoms with van der Waals surface area (Å²) < 4.78 is 13.4. The molecule has 3 heteroatoms. The number of nitrogens with one attached hydrogen (secondary N) is 1. The van der Waals surface area contributed by atoms with E-state index in [1.54, 1.807) is 12.1 Å². The maximum atomic E-state index is 13.4. The average Bonchev–Trinajstić information content (AvgIpc) is 2.29. The van der Waals surface area contributed by atoms with Crippen LogP contribution in [0.5, 0.6) is 0 Å². The summed E-state index contributed by atoms with van der Waals surface area (Å²) in [6.45, 7) is 5.99. The number of hydrogen-bond donors (Lipinski definition) is 1. The van der Waals surface area contributed by atoms with Crippen LogP contribution in [0.2, 0.25) is 0 Å². The van der Waals surface area contributed by atoms with Gasteiger partial charge in [0.1, 0.15) is 5.82 Å². The first-order valence-corrected chi connectivity index (χ1v) is 5.84. The zero-order valence-electron chi connectivity index (χ0n) is 10.3. The third kappa shape index (κ3) is 3.81. The van der Waals surface area contributed by atoms with Crippen LogP contribution in [0.3, 0.4) is 0 Å². The van der Waals surface area contributed by atoms with Gasteiger partial charge >= 0.3 is 0 Å². The van der Waals surface area contributed by atoms with Gasteiger partial charge in [-0.15, -0.1) is 0 Å². The van der Waals surface area contributed by atoms with E-state index in [4.69, 9.17) is 0 Å². The quantitative estimate of drug-likeness (QED) is 0.799. The summed E-state index contributed by atoms with van der Waals surface area (Å²) in [4.78, 5) is 1.94. The van der Waals surface area contributed by atoms with E-state index in [1.165, 1.54) is 6.07 Å². The van der Waals surface area contributed by atoms with E-state index < -0.39 is 0 Å². The number of nitrogens with zero attached hydrogens (tertiary/aromatic N) is 1. The van der Waals surface area contributed by atoms with Crippen molar-refractivity contribution in [2.45, 2.75) is 26.3 Å². The standard InChI is InChI=1S/C13H21FN2/c1-4-11(2)15-9-10-16(3)13-8-6-5-7-12(13)14/h5-8,11,15H,4,9-10H2,1-3H3. The summed E-state index contributed by atoms with van der Waals surface area (Å²) >= 11 is 0. The number of hydrogen-bond acceptors (Lipinski definition) is 2. The molecule has 0 heterocycles. The molecule has 0 fully saturated rings. The summed E-state index contributed by atoms with van der Waals surface area (Å²) in [5.74, 6) is -0.159. The fraction of sp³-hybridized carbons (Fsp3) is 0.538. The third-order valence-electron chi connectivity index (χ3n) is 2.82. The molecule has 0 saturated heterocycles. The van der Waals surface area contributed by atoms with E-state index >= 15 is 0 Å². The van der Waals surface area contributed by atoms with Crippen molar-refractivity contribution in [3.63, 3.8) is 0 Å². The van der Waals surface area contributed by atoms with E-state index in [9.17, 15) is 4.39 Å². The van der Waals surface area contributed by atoms with Crippen LogP contribution in [0.4, 0.5) is 10.1 Å². The molecular formula is C13H21FN2. The first-order chi connectivity index (χ1) is 7.65. The largest absolute Gasteiger partial charge is 0.371 e. The van der Waals surface area contributed by atoms with Crippen molar-refractivity contribution in [1.29, 1.82) is 0 Å². The highest BCUT2D eigenvalue weighted by atomic mass is 19.1. The van der Waals surface area contributed by atoms with E-state index in [0.29, 0.717) is 11.7 Å². The van der Waals surface area contributed by atoms with Gasteiger partial charge in [0.15, 0.2) is 0 Å². The molecule has 1 rings (SSSR count). The molecule has 0 saturated carbocycles. The minimum absolute atomic E-state index is 0.159. The van der Waals surface area contributed by atoms with Gasteiger partial charge in [-0.25, -0.2) is 4.39 Å². The Kier molecular flexibility index (Phi) is 5.26. The van der Waals surface area contributed by atoms with Gasteiger partial charge in [0.05, 0.1) is 5.69 Å². The van der Waals surface area contributed by atoms with Crippen molar-refractivity contribution < 1.29 is 4.39 Å². The van der Waals surface area contributed by atoms with Crippen LogP contribution in [0.15, 0.2) is 24.3 Å². The first kappa shape index (κ1) is 13.0. The van der Waals surface area contributed by atoms with Gasteiger partial charge in [-0.2, -0.15) is 0 Å². The van der Waals surface area contributed by atoms with Gasteiger partial charge in [0.2, 0.25) is 0 Å². The van der Waals surface area contributed by atoms with Crippen molar-refractivity contribution >= 4 is 5.69 Å². The molecular weight excluding hydrogens is 203 g/mol. The smallest absolute Gasteiger partial charge is 0.146 e. The van der Waals surface area contributed by atoms with E-state index in [1.807, 2.05) is 18.0 Å². The molecule has 0 amide bonds. The summed E-state index contributed by atoms with van der Waals surface area (Å²) in [6.07, 6.45) is 1.11. The van der Waals surface area contributed by atoms with Crippen LogP contribution in [0, 0.1) is 5.82 Å². The molecule has 1 unspecified atom stereocenters. The van der Waals surface area contributed by atoms with Gasteiger partial charge in [-0.05, 0) is 25.5 Å². The van der Waals surface area contributed by atoms with E-state index in [2.05, 4.69) is 19.2 Å². The Morgan fingerprint density at radius 1 is 1.38 bits per heavy atom. The summed E-state index contributed by atoms with van der Waals surface area (Å²) in [6, 6.07) is 7.39. The van der Waals surface area contributed by atoms with Gasteiger partial charge in [-0.3, -0.25) is 0 Å². The Balaban J connectivity index is 2.41. The minimum atomic E-state index is -0.159. The average molecular weight is 224 g/mol. The lowest BCUT2D eigenvalue weighted by molar-refractivity contribution is 0.535. The summed E-state index contributed by atoms with van der Waals surface area (Å²) in [5, 5.41) is 3.39. The van der Waals surface area contributed by atoms with Crippen molar-refractivity contribution in [2.75, 3.05) is 25.0 Å². The van der Waals surface area contributed by atoms with Gasteiger partial charge in [0, 0.05) is 26.2 Å². The van der Waals surface area contributed by atoms with Gasteiger partial charge in [0.25, 0.3) is 0 Å². The fourth-order valence-electron chi connectivity index (χ4n) is 1.50. The van der Waals surface area contributed by atoms with Crippen molar-refractivity contribution in [3.05, 3.63) is 30.1 Å². The van der Waals surface area contributed by atoms with Crippen LogP contribution >= 0.6 is 0 Å². The lowest BCUT2D eigenvalue weighted by Gasteiger charge is -2.21. The summed E-state index contributed by atoms with van der Waals surface area (Å²) in [5.41, 5.74) is 0.661. The second kappa shape index (κ2) is 6.48. The Bertz CT molecular complexity index is 315. The highest BCUT2D eigenvalue weighted by Gasteiger charge is 2.06. The van der Waals surface area contributed by atoms with Crippen LogP contribution < -0.4 is 10.2 Å². The fourth-order valence-corrected chi connectivity index (χ4v) is 1.50. The Morgan fingerprint density at radius 2 is 2.06 bits per heavy atom. The topological polar surface area (TPSA) is 15.3 Å². The molecule has 0 aliphatic heterocycles. The van der Waals surface area contributed by atoms with Crippen LogP contribution in [-0.2, 0) is 0 Å². The number of rotatable bonds is 6. The normalized spacial score (nSPS) is 12.5. The lowest BCUT2D eigenvalue weighted by atomic mass is 10.2. The van der Waals surface area contributed by atoms with Crippen LogP contribution in [-0.4, -0.2) is 26.2 Å². The second-order valence-corrected chi connectivity index (χ2v) is 4.14. The molecule has 1 N–H and O–H groups in total. The molecule has 1 aromatic carbocycles. The Labute approximate surface area is 97.5 Å². The third-order valence-corrected chi connectivity index (χ3v) is 2.82. The van der Waals surface area contributed by atoms with Crippen LogP contribution in [0.25, 0.3) is 0 Å². The zero-order valence-corrected chi connectivity index (χ0v) is 10.3.